The lowest BCUT2D eigenvalue weighted by Gasteiger charge is -2.26. The van der Waals surface area contributed by atoms with Crippen LogP contribution >= 0.6 is 11.8 Å². The number of hydrogen-bond acceptors (Lipinski definition) is 6. The minimum absolute atomic E-state index is 0.259. The smallest absolute Gasteiger partial charge is 0.330 e. The molecular formula is C19H20N2O5S. The van der Waals surface area contributed by atoms with Gasteiger partial charge in [0.2, 0.25) is 5.91 Å². The maximum absolute atomic E-state index is 12.6. The molecule has 0 unspecified atom stereocenters. The third kappa shape index (κ3) is 4.33. The number of benzene rings is 1. The van der Waals surface area contributed by atoms with E-state index in [1.807, 2.05) is 6.07 Å². The summed E-state index contributed by atoms with van der Waals surface area (Å²) in [5.41, 5.74) is 0.616. The van der Waals surface area contributed by atoms with Crippen molar-refractivity contribution >= 4 is 35.2 Å². The largest absolute Gasteiger partial charge is 0.466 e. The third-order valence-corrected chi connectivity index (χ3v) is 5.41. The minimum Gasteiger partial charge on any atom is -0.466 e. The standard InChI is InChI=1S/C19H20N2O5S/c1-12(17(23)20-14-7-4-3-5-8-14)26-19(24)15-11-27-18(21(15)13(2)22)16-9-6-10-25-16/h3-10,12,15,18H,11H2,1-2H3,(H,20,23)/t12-,15+,18-/m1/s1. The van der Waals surface area contributed by atoms with E-state index >= 15 is 0 Å². The van der Waals surface area contributed by atoms with E-state index in [4.69, 9.17) is 9.15 Å². The number of amides is 2. The van der Waals surface area contributed by atoms with Crippen LogP contribution in [0.2, 0.25) is 0 Å². The highest BCUT2D eigenvalue weighted by molar-refractivity contribution is 7.99. The Kier molecular flexibility index (Phi) is 5.85. The Morgan fingerprint density at radius 2 is 1.96 bits per heavy atom. The van der Waals surface area contributed by atoms with Gasteiger partial charge in [-0.25, -0.2) is 4.79 Å². The molecule has 2 amide bonds. The first-order valence-electron chi connectivity index (χ1n) is 8.47. The summed E-state index contributed by atoms with van der Waals surface area (Å²) in [6.45, 7) is 2.90. The number of ether oxygens (including phenoxy) is 1. The van der Waals surface area contributed by atoms with E-state index in [0.717, 1.165) is 0 Å². The lowest BCUT2D eigenvalue weighted by atomic mass is 10.2. The van der Waals surface area contributed by atoms with Gasteiger partial charge in [0.1, 0.15) is 17.2 Å². The van der Waals surface area contributed by atoms with Crippen molar-refractivity contribution in [2.24, 2.45) is 0 Å². The van der Waals surface area contributed by atoms with Gasteiger partial charge in [-0.05, 0) is 31.2 Å². The van der Waals surface area contributed by atoms with Crippen LogP contribution in [0.15, 0.2) is 53.1 Å². The number of rotatable bonds is 5. The molecule has 1 aromatic carbocycles. The zero-order valence-corrected chi connectivity index (χ0v) is 15.8. The van der Waals surface area contributed by atoms with E-state index in [1.54, 1.807) is 36.4 Å². The fourth-order valence-electron chi connectivity index (χ4n) is 2.80. The number of thioether (sulfide) groups is 1. The maximum Gasteiger partial charge on any atom is 0.330 e. The Morgan fingerprint density at radius 1 is 1.22 bits per heavy atom. The number of esters is 1. The van der Waals surface area contributed by atoms with Crippen molar-refractivity contribution < 1.29 is 23.5 Å². The fourth-order valence-corrected chi connectivity index (χ4v) is 4.21. The van der Waals surface area contributed by atoms with Crippen LogP contribution in [-0.2, 0) is 19.1 Å². The van der Waals surface area contributed by atoms with Crippen molar-refractivity contribution in [3.05, 3.63) is 54.5 Å². The molecular weight excluding hydrogens is 368 g/mol. The highest BCUT2D eigenvalue weighted by Crippen LogP contribution is 2.41. The van der Waals surface area contributed by atoms with Crippen LogP contribution in [0.5, 0.6) is 0 Å². The molecule has 1 aliphatic rings. The number of nitrogens with zero attached hydrogens (tertiary/aromatic N) is 1. The highest BCUT2D eigenvalue weighted by Gasteiger charge is 2.43. The van der Waals surface area contributed by atoms with Gasteiger partial charge in [0.25, 0.3) is 5.91 Å². The number of anilines is 1. The summed E-state index contributed by atoms with van der Waals surface area (Å²) in [4.78, 5) is 38.4. The molecule has 0 spiro atoms. The van der Waals surface area contributed by atoms with E-state index < -0.39 is 24.0 Å². The first-order chi connectivity index (χ1) is 13.0. The zero-order chi connectivity index (χ0) is 19.4. The van der Waals surface area contributed by atoms with E-state index in [9.17, 15) is 14.4 Å². The molecule has 1 aliphatic heterocycles. The number of nitrogens with one attached hydrogen (secondary N) is 1. The summed E-state index contributed by atoms with van der Waals surface area (Å²) < 4.78 is 10.7. The predicted molar refractivity (Wildman–Crippen MR) is 101 cm³/mol. The molecule has 1 aromatic heterocycles. The first kappa shape index (κ1) is 19.0. The second kappa shape index (κ2) is 8.30. The number of carbonyl (C=O) groups excluding carboxylic acids is 3. The second-order valence-corrected chi connectivity index (χ2v) is 7.19. The first-order valence-corrected chi connectivity index (χ1v) is 9.52. The van der Waals surface area contributed by atoms with Crippen molar-refractivity contribution in [2.45, 2.75) is 31.4 Å². The molecule has 3 rings (SSSR count). The normalized spacial score (nSPS) is 20.1. The average molecular weight is 388 g/mol. The molecule has 1 saturated heterocycles. The maximum atomic E-state index is 12.6. The van der Waals surface area contributed by atoms with E-state index in [1.165, 1.54) is 36.8 Å². The van der Waals surface area contributed by atoms with Crippen LogP contribution in [0.25, 0.3) is 0 Å². The van der Waals surface area contributed by atoms with E-state index in [0.29, 0.717) is 17.2 Å². The molecule has 0 bridgehead atoms. The zero-order valence-electron chi connectivity index (χ0n) is 15.0. The summed E-state index contributed by atoms with van der Waals surface area (Å²) in [6, 6.07) is 11.6. The number of para-hydroxylation sites is 1. The molecule has 1 fully saturated rings. The van der Waals surface area contributed by atoms with Crippen molar-refractivity contribution in [3.63, 3.8) is 0 Å². The molecule has 7 nitrogen and oxygen atoms in total. The minimum atomic E-state index is -0.987. The van der Waals surface area contributed by atoms with Gasteiger partial charge in [0.15, 0.2) is 6.10 Å². The molecule has 0 radical (unpaired) electrons. The lowest BCUT2D eigenvalue weighted by Crippen LogP contribution is -2.44. The summed E-state index contributed by atoms with van der Waals surface area (Å²) in [5, 5.41) is 2.30. The van der Waals surface area contributed by atoms with Crippen LogP contribution < -0.4 is 5.32 Å². The Hall–Kier alpha value is -2.74. The molecule has 27 heavy (non-hydrogen) atoms. The Bertz CT molecular complexity index is 809. The second-order valence-electron chi connectivity index (χ2n) is 6.08. The van der Waals surface area contributed by atoms with Crippen molar-refractivity contribution in [2.75, 3.05) is 11.1 Å². The quantitative estimate of drug-likeness (QED) is 0.793. The van der Waals surface area contributed by atoms with Crippen LogP contribution in [0.4, 0.5) is 5.69 Å². The Morgan fingerprint density at radius 3 is 2.59 bits per heavy atom. The van der Waals surface area contributed by atoms with Crippen LogP contribution in [0.1, 0.15) is 25.0 Å². The molecule has 0 saturated carbocycles. The monoisotopic (exact) mass is 388 g/mol. The molecule has 142 valence electrons. The summed E-state index contributed by atoms with van der Waals surface area (Å²) in [5.74, 6) is -0.332. The topological polar surface area (TPSA) is 88.8 Å². The van der Waals surface area contributed by atoms with Gasteiger partial charge in [0, 0.05) is 18.4 Å². The molecule has 8 heteroatoms. The Labute approximate surface area is 161 Å². The predicted octanol–water partition coefficient (Wildman–Crippen LogP) is 2.81. The van der Waals surface area contributed by atoms with E-state index in [2.05, 4.69) is 5.32 Å². The summed E-state index contributed by atoms with van der Waals surface area (Å²) in [7, 11) is 0. The summed E-state index contributed by atoms with van der Waals surface area (Å²) in [6.07, 6.45) is 0.537. The summed E-state index contributed by atoms with van der Waals surface area (Å²) >= 11 is 1.42. The van der Waals surface area contributed by atoms with Gasteiger partial charge in [0.05, 0.1) is 6.26 Å². The van der Waals surface area contributed by atoms with Gasteiger partial charge in [-0.15, -0.1) is 11.8 Å². The van der Waals surface area contributed by atoms with Crippen LogP contribution in [-0.4, -0.2) is 40.6 Å². The van der Waals surface area contributed by atoms with Gasteiger partial charge in [-0.1, -0.05) is 18.2 Å². The average Bonchev–Trinajstić information content (AvgIpc) is 3.31. The van der Waals surface area contributed by atoms with Gasteiger partial charge in [-0.2, -0.15) is 0 Å². The SMILES string of the molecule is CC(=O)N1[C@@H](c2ccco2)SC[C@H]1C(=O)O[C@H](C)C(=O)Nc1ccccc1. The number of hydrogen-bond donors (Lipinski definition) is 1. The van der Waals surface area contributed by atoms with Crippen LogP contribution in [0, 0.1) is 0 Å². The molecule has 1 N–H and O–H groups in total. The lowest BCUT2D eigenvalue weighted by molar-refractivity contribution is -0.160. The van der Waals surface area contributed by atoms with E-state index in [-0.39, 0.29) is 11.3 Å². The third-order valence-electron chi connectivity index (χ3n) is 4.13. The van der Waals surface area contributed by atoms with Gasteiger partial charge >= 0.3 is 5.97 Å². The highest BCUT2D eigenvalue weighted by atomic mass is 32.2. The fraction of sp³-hybridized carbons (Fsp3) is 0.316. The number of carbonyl (C=O) groups is 3. The van der Waals surface area contributed by atoms with Gasteiger partial charge < -0.3 is 19.4 Å². The van der Waals surface area contributed by atoms with Crippen molar-refractivity contribution in [3.8, 4) is 0 Å². The molecule has 2 aromatic rings. The van der Waals surface area contributed by atoms with Crippen molar-refractivity contribution in [1.82, 2.24) is 4.90 Å². The Balaban J connectivity index is 1.64. The number of furan rings is 1. The van der Waals surface area contributed by atoms with Gasteiger partial charge in [-0.3, -0.25) is 9.59 Å². The molecule has 3 atom stereocenters. The molecule has 0 aliphatic carbocycles. The van der Waals surface area contributed by atoms with Crippen LogP contribution in [0.3, 0.4) is 0 Å². The molecule has 2 heterocycles. The van der Waals surface area contributed by atoms with Crippen molar-refractivity contribution in [1.29, 1.82) is 0 Å².